The van der Waals surface area contributed by atoms with Gasteiger partial charge in [0.15, 0.2) is 11.5 Å². The first-order valence-corrected chi connectivity index (χ1v) is 12.0. The van der Waals surface area contributed by atoms with Gasteiger partial charge in [0.1, 0.15) is 21.3 Å². The molecule has 164 valence electrons. The van der Waals surface area contributed by atoms with Crippen molar-refractivity contribution in [3.63, 3.8) is 0 Å². The summed E-state index contributed by atoms with van der Waals surface area (Å²) in [6.07, 6.45) is 1.03. The van der Waals surface area contributed by atoms with Gasteiger partial charge in [0.2, 0.25) is 12.7 Å². The highest BCUT2D eigenvalue weighted by molar-refractivity contribution is 7.90. The van der Waals surface area contributed by atoms with Crippen LogP contribution in [0.15, 0.2) is 23.6 Å². The van der Waals surface area contributed by atoms with E-state index in [-0.39, 0.29) is 29.5 Å². The molecule has 4 rings (SSSR count). The maximum absolute atomic E-state index is 13.2. The van der Waals surface area contributed by atoms with E-state index in [2.05, 4.69) is 5.32 Å². The lowest BCUT2D eigenvalue weighted by Crippen LogP contribution is -2.38. The van der Waals surface area contributed by atoms with E-state index in [1.807, 2.05) is 0 Å². The minimum atomic E-state index is -3.58. The van der Waals surface area contributed by atoms with E-state index in [1.54, 1.807) is 18.2 Å². The number of methoxy groups -OCH3 is 1. The van der Waals surface area contributed by atoms with Gasteiger partial charge in [-0.15, -0.1) is 11.3 Å². The molecule has 2 aromatic rings. The number of nitrogens with zero attached hydrogens (tertiary/aromatic N) is 1. The number of hydrogen-bond acceptors (Lipinski definition) is 9. The largest absolute Gasteiger partial charge is 0.454 e. The zero-order chi connectivity index (χ0) is 22.3. The number of fused-ring (bicyclic) bond motifs is 2. The maximum atomic E-state index is 13.2. The summed E-state index contributed by atoms with van der Waals surface area (Å²) >= 11 is 1.00. The Kier molecular flexibility index (Phi) is 5.45. The number of benzene rings is 1. The van der Waals surface area contributed by atoms with Gasteiger partial charge in [-0.05, 0) is 17.7 Å². The number of nitrogens with one attached hydrogen (secondary N) is 1. The van der Waals surface area contributed by atoms with E-state index in [4.69, 9.17) is 14.2 Å². The van der Waals surface area contributed by atoms with Gasteiger partial charge in [-0.2, -0.15) is 0 Å². The smallest absolute Gasteiger partial charge is 0.272 e. The molecule has 0 saturated heterocycles. The highest BCUT2D eigenvalue weighted by atomic mass is 32.2. The zero-order valence-electron chi connectivity index (χ0n) is 16.5. The molecular weight excluding hydrogens is 448 g/mol. The lowest BCUT2D eigenvalue weighted by atomic mass is 10.1. The number of ether oxygens (including phenoxy) is 3. The Morgan fingerprint density at radius 1 is 1.26 bits per heavy atom. The number of amides is 3. The number of imide groups is 1. The van der Waals surface area contributed by atoms with Crippen LogP contribution >= 0.6 is 11.3 Å². The Hall–Kier alpha value is -2.96. The van der Waals surface area contributed by atoms with Crippen molar-refractivity contribution in [2.24, 2.45) is 0 Å². The average Bonchev–Trinajstić information content (AvgIpc) is 3.37. The van der Waals surface area contributed by atoms with E-state index >= 15 is 0 Å². The fraction of sp³-hybridized carbons (Fsp3) is 0.316. The lowest BCUT2D eigenvalue weighted by molar-refractivity contribution is -0.119. The Morgan fingerprint density at radius 2 is 2.00 bits per heavy atom. The van der Waals surface area contributed by atoms with E-state index in [9.17, 15) is 22.8 Å². The van der Waals surface area contributed by atoms with Crippen molar-refractivity contribution in [3.05, 3.63) is 39.6 Å². The summed E-state index contributed by atoms with van der Waals surface area (Å²) in [4.78, 5) is 39.3. The summed E-state index contributed by atoms with van der Waals surface area (Å²) in [6.45, 7) is -0.191. The summed E-state index contributed by atoms with van der Waals surface area (Å²) in [5.41, 5.74) is 0.641. The Labute approximate surface area is 181 Å². The number of hydrogen-bond donors (Lipinski definition) is 1. The monoisotopic (exact) mass is 466 g/mol. The quantitative estimate of drug-likeness (QED) is 0.607. The van der Waals surface area contributed by atoms with Crippen LogP contribution in [0, 0.1) is 0 Å². The van der Waals surface area contributed by atoms with Crippen LogP contribution in [0.25, 0.3) is 0 Å². The number of sulfone groups is 1. The van der Waals surface area contributed by atoms with Gasteiger partial charge in [0.05, 0.1) is 23.0 Å². The van der Waals surface area contributed by atoms with Gasteiger partial charge in [-0.1, -0.05) is 6.07 Å². The van der Waals surface area contributed by atoms with Crippen molar-refractivity contribution < 1.29 is 37.0 Å². The second kappa shape index (κ2) is 7.94. The van der Waals surface area contributed by atoms with Gasteiger partial charge in [0, 0.05) is 18.7 Å². The standard InChI is InChI=1S/C19H18N2O8S2/c1-27-6-15(22)20-11-7-30-17-16(11)18(23)21(19(17)24)12(8-31(2,25)26)10-3-4-13-14(5-10)29-9-28-13/h3-5,7,12H,6,8-9H2,1-2H3,(H,20,22)/t12-/m1/s1. The normalized spacial score (nSPS) is 15.9. The second-order valence-electron chi connectivity index (χ2n) is 7.04. The average molecular weight is 466 g/mol. The molecule has 0 radical (unpaired) electrons. The van der Waals surface area contributed by atoms with Crippen molar-refractivity contribution in [3.8, 4) is 11.5 Å². The molecule has 3 amide bonds. The number of anilines is 1. The Morgan fingerprint density at radius 3 is 2.71 bits per heavy atom. The van der Waals surface area contributed by atoms with Crippen LogP contribution < -0.4 is 14.8 Å². The minimum Gasteiger partial charge on any atom is -0.454 e. The molecule has 0 bridgehead atoms. The van der Waals surface area contributed by atoms with Crippen LogP contribution in [0.2, 0.25) is 0 Å². The third-order valence-corrected chi connectivity index (χ3v) is 6.63. The van der Waals surface area contributed by atoms with E-state index < -0.39 is 39.4 Å². The molecule has 1 aromatic carbocycles. The van der Waals surface area contributed by atoms with E-state index in [0.29, 0.717) is 17.1 Å². The predicted octanol–water partition coefficient (Wildman–Crippen LogP) is 1.44. The van der Waals surface area contributed by atoms with Crippen LogP contribution in [-0.4, -0.2) is 63.6 Å². The van der Waals surface area contributed by atoms with Crippen LogP contribution in [0.1, 0.15) is 31.6 Å². The number of thiophene rings is 1. The molecule has 1 N–H and O–H groups in total. The van der Waals surface area contributed by atoms with Gasteiger partial charge in [-0.3, -0.25) is 19.3 Å². The molecule has 0 unspecified atom stereocenters. The lowest BCUT2D eigenvalue weighted by Gasteiger charge is -2.26. The van der Waals surface area contributed by atoms with Gasteiger partial charge < -0.3 is 19.5 Å². The molecule has 0 spiro atoms. The molecule has 1 aromatic heterocycles. The van der Waals surface area contributed by atoms with Crippen LogP contribution in [0.5, 0.6) is 11.5 Å². The predicted molar refractivity (Wildman–Crippen MR) is 110 cm³/mol. The fourth-order valence-electron chi connectivity index (χ4n) is 3.47. The summed E-state index contributed by atoms with van der Waals surface area (Å²) in [6, 6.07) is 3.68. The fourth-order valence-corrected chi connectivity index (χ4v) is 5.31. The van der Waals surface area contributed by atoms with Crippen LogP contribution in [-0.2, 0) is 19.4 Å². The molecular formula is C19H18N2O8S2. The molecule has 3 heterocycles. The van der Waals surface area contributed by atoms with E-state index in [1.165, 1.54) is 12.5 Å². The van der Waals surface area contributed by atoms with Crippen molar-refractivity contribution in [1.82, 2.24) is 4.90 Å². The molecule has 2 aliphatic rings. The van der Waals surface area contributed by atoms with Crippen LogP contribution in [0.4, 0.5) is 5.69 Å². The molecule has 0 fully saturated rings. The summed E-state index contributed by atoms with van der Waals surface area (Å²) in [5.74, 6) is -1.36. The topological polar surface area (TPSA) is 128 Å². The number of carbonyl (C=O) groups is 3. The molecule has 0 saturated carbocycles. The Balaban J connectivity index is 1.72. The van der Waals surface area contributed by atoms with Crippen molar-refractivity contribution in [2.75, 3.05) is 37.8 Å². The van der Waals surface area contributed by atoms with Gasteiger partial charge in [0.25, 0.3) is 11.8 Å². The van der Waals surface area contributed by atoms with Crippen molar-refractivity contribution >= 4 is 44.6 Å². The summed E-state index contributed by atoms with van der Waals surface area (Å²) in [5, 5.41) is 4.05. The highest BCUT2D eigenvalue weighted by Crippen LogP contribution is 2.41. The number of carbonyl (C=O) groups excluding carboxylic acids is 3. The SMILES string of the molecule is COCC(=O)Nc1csc2c1C(=O)N([C@H](CS(C)(=O)=O)c1ccc3c(c1)OCO3)C2=O. The molecule has 0 aliphatic carbocycles. The van der Waals surface area contributed by atoms with Gasteiger partial charge >= 0.3 is 0 Å². The highest BCUT2D eigenvalue weighted by Gasteiger charge is 2.45. The molecule has 1 atom stereocenters. The van der Waals surface area contributed by atoms with Gasteiger partial charge in [-0.25, -0.2) is 8.42 Å². The number of rotatable bonds is 7. The zero-order valence-corrected chi connectivity index (χ0v) is 18.2. The summed E-state index contributed by atoms with van der Waals surface area (Å²) in [7, 11) is -2.22. The molecule has 31 heavy (non-hydrogen) atoms. The summed E-state index contributed by atoms with van der Waals surface area (Å²) < 4.78 is 39.7. The maximum Gasteiger partial charge on any atom is 0.272 e. The first kappa shape index (κ1) is 21.3. The first-order valence-electron chi connectivity index (χ1n) is 9.05. The van der Waals surface area contributed by atoms with Crippen LogP contribution in [0.3, 0.4) is 0 Å². The Bertz CT molecular complexity index is 1190. The molecule has 10 nitrogen and oxygen atoms in total. The molecule has 12 heteroatoms. The second-order valence-corrected chi connectivity index (χ2v) is 10.1. The van der Waals surface area contributed by atoms with Crippen molar-refractivity contribution in [2.45, 2.75) is 6.04 Å². The molecule has 2 aliphatic heterocycles. The first-order chi connectivity index (χ1) is 14.7. The third-order valence-electron chi connectivity index (χ3n) is 4.74. The third kappa shape index (κ3) is 4.01. The van der Waals surface area contributed by atoms with Crippen molar-refractivity contribution in [1.29, 1.82) is 0 Å². The minimum absolute atomic E-state index is 0.0267. The van der Waals surface area contributed by atoms with E-state index in [0.717, 1.165) is 22.5 Å².